The number of benzene rings is 1. The van der Waals surface area contributed by atoms with E-state index in [2.05, 4.69) is 26.0 Å². The van der Waals surface area contributed by atoms with E-state index in [1.165, 1.54) is 31.2 Å². The van der Waals surface area contributed by atoms with E-state index in [4.69, 9.17) is 5.11 Å². The zero-order valence-corrected chi connectivity index (χ0v) is 11.3. The third kappa shape index (κ3) is 3.34. The molecule has 0 spiro atoms. The molecule has 1 saturated carbocycles. The summed E-state index contributed by atoms with van der Waals surface area (Å²) in [4.78, 5) is 10.7. The van der Waals surface area contributed by atoms with Crippen molar-refractivity contribution in [3.05, 3.63) is 35.4 Å². The molecule has 0 amide bonds. The molecular formula is C16H22O2. The number of hydrogen-bond acceptors (Lipinski definition) is 1. The highest BCUT2D eigenvalue weighted by molar-refractivity contribution is 5.70. The van der Waals surface area contributed by atoms with Gasteiger partial charge < -0.3 is 5.11 Å². The zero-order valence-electron chi connectivity index (χ0n) is 11.3. The maximum absolute atomic E-state index is 10.7. The van der Waals surface area contributed by atoms with Crippen molar-refractivity contribution in [1.29, 1.82) is 0 Å². The highest BCUT2D eigenvalue weighted by Crippen LogP contribution is 2.42. The van der Waals surface area contributed by atoms with Crippen molar-refractivity contribution in [1.82, 2.24) is 0 Å². The predicted molar refractivity (Wildman–Crippen MR) is 72.8 cm³/mol. The molecule has 1 N–H and O–H groups in total. The number of rotatable bonds is 3. The lowest BCUT2D eigenvalue weighted by Gasteiger charge is -2.34. The van der Waals surface area contributed by atoms with Crippen LogP contribution < -0.4 is 0 Å². The molecular weight excluding hydrogens is 224 g/mol. The second-order valence-corrected chi connectivity index (χ2v) is 6.25. The molecule has 0 aliphatic heterocycles. The van der Waals surface area contributed by atoms with Gasteiger partial charge in [0.05, 0.1) is 6.42 Å². The molecule has 98 valence electrons. The molecule has 1 aromatic rings. The Morgan fingerprint density at radius 3 is 2.61 bits per heavy atom. The summed E-state index contributed by atoms with van der Waals surface area (Å²) >= 11 is 0. The monoisotopic (exact) mass is 246 g/mol. The summed E-state index contributed by atoms with van der Waals surface area (Å²) in [5.74, 6) is -0.135. The van der Waals surface area contributed by atoms with Gasteiger partial charge in [0.2, 0.25) is 0 Å². The van der Waals surface area contributed by atoms with E-state index in [0.29, 0.717) is 11.3 Å². The van der Waals surface area contributed by atoms with Gasteiger partial charge in [0.25, 0.3) is 0 Å². The maximum Gasteiger partial charge on any atom is 0.307 e. The van der Waals surface area contributed by atoms with Crippen LogP contribution in [-0.2, 0) is 11.2 Å². The van der Waals surface area contributed by atoms with Crippen LogP contribution in [0.2, 0.25) is 0 Å². The lowest BCUT2D eigenvalue weighted by molar-refractivity contribution is -0.136. The Kier molecular flexibility index (Phi) is 3.74. The average molecular weight is 246 g/mol. The number of carboxylic acids is 1. The van der Waals surface area contributed by atoms with Crippen molar-refractivity contribution < 1.29 is 9.90 Å². The standard InChI is InChI=1S/C16H22O2/c1-16(2)8-6-13(7-9-16)14-5-3-4-12(10-14)11-15(17)18/h3-5,10,13H,6-9,11H2,1-2H3,(H,17,18). The molecule has 0 heterocycles. The number of carboxylic acid groups (broad SMARTS) is 1. The summed E-state index contributed by atoms with van der Waals surface area (Å²) in [6.07, 6.45) is 5.11. The highest BCUT2D eigenvalue weighted by atomic mass is 16.4. The van der Waals surface area contributed by atoms with E-state index in [1.54, 1.807) is 0 Å². The Morgan fingerprint density at radius 2 is 2.00 bits per heavy atom. The predicted octanol–water partition coefficient (Wildman–Crippen LogP) is 4.00. The van der Waals surface area contributed by atoms with Crippen LogP contribution in [0, 0.1) is 5.41 Å². The molecule has 18 heavy (non-hydrogen) atoms. The summed E-state index contributed by atoms with van der Waals surface area (Å²) in [5, 5.41) is 8.84. The van der Waals surface area contributed by atoms with E-state index in [1.807, 2.05) is 12.1 Å². The van der Waals surface area contributed by atoms with E-state index in [9.17, 15) is 4.79 Å². The fourth-order valence-electron chi connectivity index (χ4n) is 2.86. The smallest absolute Gasteiger partial charge is 0.307 e. The molecule has 1 aliphatic carbocycles. The average Bonchev–Trinajstić information content (AvgIpc) is 2.28. The maximum atomic E-state index is 10.7. The van der Waals surface area contributed by atoms with E-state index < -0.39 is 5.97 Å². The SMILES string of the molecule is CC1(C)CCC(c2cccc(CC(=O)O)c2)CC1. The van der Waals surface area contributed by atoms with Gasteiger partial charge in [0, 0.05) is 0 Å². The molecule has 0 bridgehead atoms. The summed E-state index contributed by atoms with van der Waals surface area (Å²) in [6, 6.07) is 8.13. The Hall–Kier alpha value is -1.31. The fourth-order valence-corrected chi connectivity index (χ4v) is 2.86. The largest absolute Gasteiger partial charge is 0.481 e. The Bertz CT molecular complexity index is 424. The Labute approximate surface area is 109 Å². The first-order valence-corrected chi connectivity index (χ1v) is 6.77. The first kappa shape index (κ1) is 13.1. The first-order chi connectivity index (χ1) is 8.46. The lowest BCUT2D eigenvalue weighted by Crippen LogP contribution is -2.20. The highest BCUT2D eigenvalue weighted by Gasteiger charge is 2.27. The van der Waals surface area contributed by atoms with Gasteiger partial charge in [-0.1, -0.05) is 38.1 Å². The molecule has 0 radical (unpaired) electrons. The number of hydrogen-bond donors (Lipinski definition) is 1. The molecule has 2 nitrogen and oxygen atoms in total. The van der Waals surface area contributed by atoms with Gasteiger partial charge in [-0.15, -0.1) is 0 Å². The number of carbonyl (C=O) groups is 1. The minimum absolute atomic E-state index is 0.131. The van der Waals surface area contributed by atoms with E-state index in [0.717, 1.165) is 5.56 Å². The molecule has 2 rings (SSSR count). The fraction of sp³-hybridized carbons (Fsp3) is 0.562. The van der Waals surface area contributed by atoms with Gasteiger partial charge in [-0.05, 0) is 48.1 Å². The third-order valence-electron chi connectivity index (χ3n) is 4.12. The molecule has 0 unspecified atom stereocenters. The van der Waals surface area contributed by atoms with Gasteiger partial charge in [0.15, 0.2) is 0 Å². The van der Waals surface area contributed by atoms with Gasteiger partial charge >= 0.3 is 5.97 Å². The summed E-state index contributed by atoms with van der Waals surface area (Å²) in [6.45, 7) is 4.67. The van der Waals surface area contributed by atoms with Crippen molar-refractivity contribution in [2.75, 3.05) is 0 Å². The topological polar surface area (TPSA) is 37.3 Å². The second kappa shape index (κ2) is 5.13. The van der Waals surface area contributed by atoms with Crippen LogP contribution in [0.4, 0.5) is 0 Å². The molecule has 0 aromatic heterocycles. The van der Waals surface area contributed by atoms with Crippen LogP contribution in [-0.4, -0.2) is 11.1 Å². The lowest BCUT2D eigenvalue weighted by atomic mass is 9.71. The molecule has 2 heteroatoms. The van der Waals surface area contributed by atoms with Crippen molar-refractivity contribution in [3.63, 3.8) is 0 Å². The number of aliphatic carboxylic acids is 1. The molecule has 1 aliphatic rings. The quantitative estimate of drug-likeness (QED) is 0.875. The van der Waals surface area contributed by atoms with Gasteiger partial charge in [-0.2, -0.15) is 0 Å². The van der Waals surface area contributed by atoms with Crippen molar-refractivity contribution in [3.8, 4) is 0 Å². The first-order valence-electron chi connectivity index (χ1n) is 6.77. The van der Waals surface area contributed by atoms with Crippen molar-refractivity contribution >= 4 is 5.97 Å². The Morgan fingerprint density at radius 1 is 1.33 bits per heavy atom. The minimum atomic E-state index is -0.753. The van der Waals surface area contributed by atoms with Crippen molar-refractivity contribution in [2.24, 2.45) is 5.41 Å². The summed E-state index contributed by atoms with van der Waals surface area (Å²) in [7, 11) is 0. The van der Waals surface area contributed by atoms with Crippen LogP contribution in [0.15, 0.2) is 24.3 Å². The zero-order chi connectivity index (χ0) is 13.2. The van der Waals surface area contributed by atoms with Gasteiger partial charge in [-0.25, -0.2) is 0 Å². The van der Waals surface area contributed by atoms with Crippen LogP contribution in [0.1, 0.15) is 56.6 Å². The molecule has 0 atom stereocenters. The molecule has 1 fully saturated rings. The van der Waals surface area contributed by atoms with E-state index >= 15 is 0 Å². The van der Waals surface area contributed by atoms with E-state index in [-0.39, 0.29) is 6.42 Å². The molecule has 1 aromatic carbocycles. The van der Waals surface area contributed by atoms with Crippen LogP contribution >= 0.6 is 0 Å². The normalized spacial score (nSPS) is 19.7. The van der Waals surface area contributed by atoms with Crippen LogP contribution in [0.5, 0.6) is 0 Å². The van der Waals surface area contributed by atoms with Crippen LogP contribution in [0.3, 0.4) is 0 Å². The third-order valence-corrected chi connectivity index (χ3v) is 4.12. The Balaban J connectivity index is 2.07. The summed E-state index contributed by atoms with van der Waals surface area (Å²) < 4.78 is 0. The molecule has 0 saturated heterocycles. The van der Waals surface area contributed by atoms with Gasteiger partial charge in [-0.3, -0.25) is 4.79 Å². The van der Waals surface area contributed by atoms with Crippen molar-refractivity contribution in [2.45, 2.75) is 51.9 Å². The minimum Gasteiger partial charge on any atom is -0.481 e. The second-order valence-electron chi connectivity index (χ2n) is 6.25. The summed E-state index contributed by atoms with van der Waals surface area (Å²) in [5.41, 5.74) is 2.73. The van der Waals surface area contributed by atoms with Crippen LogP contribution in [0.25, 0.3) is 0 Å². The van der Waals surface area contributed by atoms with Gasteiger partial charge in [0.1, 0.15) is 0 Å².